The molecule has 2 aromatic carbocycles. The van der Waals surface area contributed by atoms with Crippen LogP contribution in [0.2, 0.25) is 0 Å². The number of fused-ring (bicyclic) bond motifs is 1. The van der Waals surface area contributed by atoms with Crippen molar-refractivity contribution in [2.24, 2.45) is 0 Å². The van der Waals surface area contributed by atoms with E-state index in [2.05, 4.69) is 33.9 Å². The van der Waals surface area contributed by atoms with E-state index in [4.69, 9.17) is 4.74 Å². The van der Waals surface area contributed by atoms with Gasteiger partial charge >= 0.3 is 0 Å². The molecule has 0 bridgehead atoms. The fourth-order valence-corrected chi connectivity index (χ4v) is 4.23. The Morgan fingerprint density at radius 1 is 1.00 bits per heavy atom. The average Bonchev–Trinajstić information content (AvgIpc) is 3.10. The maximum atomic E-state index is 12.7. The number of carbonyl (C=O) groups is 1. The minimum absolute atomic E-state index is 0.0697. The summed E-state index contributed by atoms with van der Waals surface area (Å²) in [6.45, 7) is 4.58. The van der Waals surface area contributed by atoms with Crippen LogP contribution in [0.4, 0.5) is 0 Å². The molecule has 2 heterocycles. The Morgan fingerprint density at radius 3 is 2.78 bits per heavy atom. The van der Waals surface area contributed by atoms with Gasteiger partial charge in [0.1, 0.15) is 5.75 Å². The van der Waals surface area contributed by atoms with Crippen LogP contribution in [0.15, 0.2) is 59.3 Å². The number of benzene rings is 2. The van der Waals surface area contributed by atoms with Gasteiger partial charge in [-0.1, -0.05) is 36.4 Å². The Kier molecular flexibility index (Phi) is 5.70. The molecule has 0 N–H and O–H groups in total. The third-order valence-electron chi connectivity index (χ3n) is 5.03. The lowest BCUT2D eigenvalue weighted by molar-refractivity contribution is -0.133. The second kappa shape index (κ2) is 8.55. The SMILES string of the molecule is O=C(COc1cccc2ccccc12)N1CCCN(Cc2ccsc2)CC1. The van der Waals surface area contributed by atoms with Crippen LogP contribution in [-0.2, 0) is 11.3 Å². The number of ether oxygens (including phenoxy) is 1. The van der Waals surface area contributed by atoms with Crippen LogP contribution in [0.25, 0.3) is 10.8 Å². The molecule has 0 saturated carbocycles. The first-order valence-corrected chi connectivity index (χ1v) is 10.4. The topological polar surface area (TPSA) is 32.8 Å². The van der Waals surface area contributed by atoms with Gasteiger partial charge in [-0.2, -0.15) is 11.3 Å². The molecule has 3 aromatic rings. The summed E-state index contributed by atoms with van der Waals surface area (Å²) in [6.07, 6.45) is 1.00. The molecule has 0 radical (unpaired) electrons. The van der Waals surface area contributed by atoms with Crippen molar-refractivity contribution in [3.8, 4) is 5.75 Å². The van der Waals surface area contributed by atoms with Crippen molar-refractivity contribution in [3.63, 3.8) is 0 Å². The van der Waals surface area contributed by atoms with Gasteiger partial charge in [-0.25, -0.2) is 0 Å². The molecule has 0 spiro atoms. The fourth-order valence-electron chi connectivity index (χ4n) is 3.57. The fraction of sp³-hybridized carbons (Fsp3) is 0.318. The zero-order valence-electron chi connectivity index (χ0n) is 15.3. The smallest absolute Gasteiger partial charge is 0.260 e. The van der Waals surface area contributed by atoms with Crippen molar-refractivity contribution in [2.75, 3.05) is 32.8 Å². The van der Waals surface area contributed by atoms with Crippen molar-refractivity contribution >= 4 is 28.0 Å². The third kappa shape index (κ3) is 4.49. The van der Waals surface area contributed by atoms with Gasteiger partial charge in [-0.3, -0.25) is 9.69 Å². The summed E-state index contributed by atoms with van der Waals surface area (Å²) in [5.74, 6) is 0.843. The van der Waals surface area contributed by atoms with E-state index in [0.717, 1.165) is 55.7 Å². The van der Waals surface area contributed by atoms with Gasteiger partial charge in [-0.05, 0) is 40.3 Å². The highest BCUT2D eigenvalue weighted by Crippen LogP contribution is 2.25. The summed E-state index contributed by atoms with van der Waals surface area (Å²) in [5, 5.41) is 6.49. The Labute approximate surface area is 164 Å². The van der Waals surface area contributed by atoms with E-state index in [-0.39, 0.29) is 12.5 Å². The first-order chi connectivity index (χ1) is 13.3. The van der Waals surface area contributed by atoms with Crippen LogP contribution < -0.4 is 4.74 Å². The van der Waals surface area contributed by atoms with Crippen LogP contribution in [0.3, 0.4) is 0 Å². The quantitative estimate of drug-likeness (QED) is 0.670. The Balaban J connectivity index is 1.33. The molecule has 1 aromatic heterocycles. The first-order valence-electron chi connectivity index (χ1n) is 9.41. The summed E-state index contributed by atoms with van der Waals surface area (Å²) in [6, 6.07) is 16.2. The molecule has 0 unspecified atom stereocenters. The van der Waals surface area contributed by atoms with Crippen LogP contribution in [0.5, 0.6) is 5.75 Å². The molecule has 1 saturated heterocycles. The number of hydrogen-bond acceptors (Lipinski definition) is 4. The van der Waals surface area contributed by atoms with Gasteiger partial charge in [0.2, 0.25) is 0 Å². The minimum atomic E-state index is 0.0697. The summed E-state index contributed by atoms with van der Waals surface area (Å²) in [4.78, 5) is 17.0. The number of nitrogens with zero attached hydrogens (tertiary/aromatic N) is 2. The lowest BCUT2D eigenvalue weighted by atomic mass is 10.1. The van der Waals surface area contributed by atoms with Crippen molar-refractivity contribution < 1.29 is 9.53 Å². The lowest BCUT2D eigenvalue weighted by Crippen LogP contribution is -2.38. The highest BCUT2D eigenvalue weighted by Gasteiger charge is 2.20. The molecule has 140 valence electrons. The van der Waals surface area contributed by atoms with E-state index < -0.39 is 0 Å². The molecule has 4 nitrogen and oxygen atoms in total. The maximum absolute atomic E-state index is 12.7. The van der Waals surface area contributed by atoms with Gasteiger partial charge < -0.3 is 9.64 Å². The summed E-state index contributed by atoms with van der Waals surface area (Å²) in [5.41, 5.74) is 1.36. The first kappa shape index (κ1) is 18.0. The molecule has 0 aliphatic carbocycles. The largest absolute Gasteiger partial charge is 0.483 e. The van der Waals surface area contributed by atoms with Crippen LogP contribution in [0, 0.1) is 0 Å². The molecule has 27 heavy (non-hydrogen) atoms. The van der Waals surface area contributed by atoms with Crippen molar-refractivity contribution in [3.05, 3.63) is 64.9 Å². The number of rotatable bonds is 5. The van der Waals surface area contributed by atoms with E-state index >= 15 is 0 Å². The minimum Gasteiger partial charge on any atom is -0.483 e. The standard InChI is InChI=1S/C22H24N2O2S/c25-22(16-26-21-8-3-6-19-5-1-2-7-20(19)21)24-11-4-10-23(12-13-24)15-18-9-14-27-17-18/h1-3,5-9,14,17H,4,10-13,15-16H2. The van der Waals surface area contributed by atoms with E-state index in [9.17, 15) is 4.79 Å². The van der Waals surface area contributed by atoms with Crippen molar-refractivity contribution in [1.29, 1.82) is 0 Å². The van der Waals surface area contributed by atoms with Crippen molar-refractivity contribution in [1.82, 2.24) is 9.80 Å². The molecule has 1 aliphatic heterocycles. The zero-order chi connectivity index (χ0) is 18.5. The molecule has 4 rings (SSSR count). The molecule has 1 amide bonds. The lowest BCUT2D eigenvalue weighted by Gasteiger charge is -2.22. The van der Waals surface area contributed by atoms with E-state index in [1.54, 1.807) is 11.3 Å². The van der Waals surface area contributed by atoms with Gasteiger partial charge in [0.15, 0.2) is 6.61 Å². The molecule has 0 atom stereocenters. The average molecular weight is 381 g/mol. The van der Waals surface area contributed by atoms with Gasteiger partial charge in [0.05, 0.1) is 0 Å². The second-order valence-corrected chi connectivity index (χ2v) is 7.69. The highest BCUT2D eigenvalue weighted by molar-refractivity contribution is 7.07. The van der Waals surface area contributed by atoms with Crippen LogP contribution in [-0.4, -0.2) is 48.5 Å². The van der Waals surface area contributed by atoms with Gasteiger partial charge in [0.25, 0.3) is 5.91 Å². The monoisotopic (exact) mass is 380 g/mol. The predicted molar refractivity (Wildman–Crippen MR) is 110 cm³/mol. The summed E-state index contributed by atoms with van der Waals surface area (Å²) in [7, 11) is 0. The zero-order valence-corrected chi connectivity index (χ0v) is 16.2. The Bertz CT molecular complexity index is 889. The highest BCUT2D eigenvalue weighted by atomic mass is 32.1. The number of amides is 1. The molecule has 5 heteroatoms. The molecular formula is C22H24N2O2S. The summed E-state index contributed by atoms with van der Waals surface area (Å²) >= 11 is 1.74. The number of carbonyl (C=O) groups excluding carboxylic acids is 1. The predicted octanol–water partition coefficient (Wildman–Crippen LogP) is 4.01. The van der Waals surface area contributed by atoms with Gasteiger partial charge in [0, 0.05) is 38.1 Å². The van der Waals surface area contributed by atoms with E-state index in [0.29, 0.717) is 0 Å². The number of hydrogen-bond donors (Lipinski definition) is 0. The Hall–Kier alpha value is -2.37. The third-order valence-corrected chi connectivity index (χ3v) is 5.76. The second-order valence-electron chi connectivity index (χ2n) is 6.91. The van der Waals surface area contributed by atoms with Crippen LogP contribution in [0.1, 0.15) is 12.0 Å². The number of thiophene rings is 1. The van der Waals surface area contributed by atoms with Crippen molar-refractivity contribution in [2.45, 2.75) is 13.0 Å². The molecular weight excluding hydrogens is 356 g/mol. The van der Waals surface area contributed by atoms with E-state index in [1.807, 2.05) is 35.2 Å². The molecule has 1 aliphatic rings. The Morgan fingerprint density at radius 2 is 1.89 bits per heavy atom. The maximum Gasteiger partial charge on any atom is 0.260 e. The van der Waals surface area contributed by atoms with E-state index in [1.165, 1.54) is 5.56 Å². The van der Waals surface area contributed by atoms with Crippen LogP contribution >= 0.6 is 11.3 Å². The van der Waals surface area contributed by atoms with Gasteiger partial charge in [-0.15, -0.1) is 0 Å². The normalized spacial score (nSPS) is 15.6. The summed E-state index contributed by atoms with van der Waals surface area (Å²) < 4.78 is 5.88. The molecule has 1 fully saturated rings.